The van der Waals surface area contributed by atoms with Crippen LogP contribution in [-0.4, -0.2) is 35.6 Å². The number of ether oxygens (including phenoxy) is 2. The Labute approximate surface area is 180 Å². The van der Waals surface area contributed by atoms with Crippen molar-refractivity contribution in [3.05, 3.63) is 77.6 Å². The van der Waals surface area contributed by atoms with Crippen molar-refractivity contribution >= 4 is 34.9 Å². The summed E-state index contributed by atoms with van der Waals surface area (Å²) in [5.41, 5.74) is 1.26. The van der Waals surface area contributed by atoms with E-state index >= 15 is 0 Å². The van der Waals surface area contributed by atoms with Gasteiger partial charge in [0.05, 0.1) is 18.3 Å². The number of benzene rings is 2. The average molecular weight is 420 g/mol. The fraction of sp³-hybridized carbons (Fsp3) is 0.208. The summed E-state index contributed by atoms with van der Waals surface area (Å²) in [6.07, 6.45) is 1.58. The summed E-state index contributed by atoms with van der Waals surface area (Å²) in [6, 6.07) is 16.3. The summed E-state index contributed by atoms with van der Waals surface area (Å²) in [4.78, 5) is 37.0. The van der Waals surface area contributed by atoms with Gasteiger partial charge in [-0.2, -0.15) is 0 Å². The quantitative estimate of drug-likeness (QED) is 0.376. The van der Waals surface area contributed by atoms with E-state index in [4.69, 9.17) is 9.47 Å². The molecule has 0 atom stereocenters. The standard InChI is InChI=1S/C24H24N2O5/c1-24(2,3)31-23(29)25-20(22(28)30-4)21(16-10-6-5-7-11-16)26-14-17(15-27)18-12-8-9-13-19(18)26/h5-15H,1-4H3,(H,25,29)/b21-20+. The van der Waals surface area contributed by atoms with E-state index in [1.807, 2.05) is 42.5 Å². The zero-order valence-corrected chi connectivity index (χ0v) is 17.8. The Hall–Kier alpha value is -3.87. The topological polar surface area (TPSA) is 86.6 Å². The van der Waals surface area contributed by atoms with E-state index in [2.05, 4.69) is 5.32 Å². The summed E-state index contributed by atoms with van der Waals surface area (Å²) in [6.45, 7) is 5.17. The third-order valence-electron chi connectivity index (χ3n) is 4.41. The lowest BCUT2D eigenvalue weighted by molar-refractivity contribution is -0.136. The van der Waals surface area contributed by atoms with Crippen molar-refractivity contribution in [3.63, 3.8) is 0 Å². The second-order valence-electron chi connectivity index (χ2n) is 7.80. The summed E-state index contributed by atoms with van der Waals surface area (Å²) < 4.78 is 12.0. The van der Waals surface area contributed by atoms with Gasteiger partial charge in [0.2, 0.25) is 0 Å². The number of hydrogen-bond acceptors (Lipinski definition) is 5. The molecule has 0 spiro atoms. The molecule has 31 heavy (non-hydrogen) atoms. The van der Waals surface area contributed by atoms with E-state index < -0.39 is 17.7 Å². The maximum absolute atomic E-state index is 12.8. The molecule has 1 amide bonds. The van der Waals surface area contributed by atoms with Gasteiger partial charge >= 0.3 is 12.1 Å². The fourth-order valence-electron chi connectivity index (χ4n) is 3.20. The molecule has 3 aromatic rings. The lowest BCUT2D eigenvalue weighted by Gasteiger charge is -2.22. The number of rotatable bonds is 5. The number of para-hydroxylation sites is 1. The molecule has 7 heteroatoms. The zero-order valence-electron chi connectivity index (χ0n) is 17.8. The number of hydrogen-bond donors (Lipinski definition) is 1. The van der Waals surface area contributed by atoms with E-state index in [0.29, 0.717) is 27.7 Å². The second kappa shape index (κ2) is 8.87. The number of alkyl carbamates (subject to hydrolysis) is 1. The summed E-state index contributed by atoms with van der Waals surface area (Å²) in [5, 5.41) is 3.26. The number of nitrogens with zero attached hydrogens (tertiary/aromatic N) is 1. The average Bonchev–Trinajstić information content (AvgIpc) is 3.11. The number of fused-ring (bicyclic) bond motifs is 1. The molecule has 2 aromatic carbocycles. The number of amides is 1. The van der Waals surface area contributed by atoms with Crippen LogP contribution < -0.4 is 5.32 Å². The molecule has 1 aromatic heterocycles. The van der Waals surface area contributed by atoms with E-state index in [1.54, 1.807) is 43.7 Å². The van der Waals surface area contributed by atoms with Crippen molar-refractivity contribution in [2.24, 2.45) is 0 Å². The minimum atomic E-state index is -0.798. The van der Waals surface area contributed by atoms with Gasteiger partial charge in [0, 0.05) is 22.7 Å². The number of nitrogens with one attached hydrogen (secondary N) is 1. The molecule has 0 aliphatic carbocycles. The molecule has 7 nitrogen and oxygen atoms in total. The number of carbonyl (C=O) groups excluding carboxylic acids is 3. The monoisotopic (exact) mass is 420 g/mol. The molecule has 0 saturated heterocycles. The Morgan fingerprint density at radius 2 is 1.65 bits per heavy atom. The van der Waals surface area contributed by atoms with Crippen LogP contribution in [0, 0.1) is 0 Å². The van der Waals surface area contributed by atoms with E-state index in [1.165, 1.54) is 7.11 Å². The molecule has 1 N–H and O–H groups in total. The van der Waals surface area contributed by atoms with Gasteiger partial charge in [0.1, 0.15) is 5.60 Å². The smallest absolute Gasteiger partial charge is 0.412 e. The number of methoxy groups -OCH3 is 1. The van der Waals surface area contributed by atoms with Gasteiger partial charge in [-0.3, -0.25) is 10.1 Å². The van der Waals surface area contributed by atoms with Crippen LogP contribution in [0.4, 0.5) is 4.79 Å². The van der Waals surface area contributed by atoms with Crippen LogP contribution in [0.1, 0.15) is 36.7 Å². The summed E-state index contributed by atoms with van der Waals surface area (Å²) >= 11 is 0. The third-order valence-corrected chi connectivity index (χ3v) is 4.41. The minimum Gasteiger partial charge on any atom is -0.464 e. The van der Waals surface area contributed by atoms with Crippen LogP contribution in [0.5, 0.6) is 0 Å². The van der Waals surface area contributed by atoms with Crippen molar-refractivity contribution < 1.29 is 23.9 Å². The van der Waals surface area contributed by atoms with Gasteiger partial charge in [-0.05, 0) is 26.8 Å². The first-order valence-electron chi connectivity index (χ1n) is 9.69. The molecule has 1 heterocycles. The first kappa shape index (κ1) is 21.8. The Balaban J connectivity index is 2.31. The highest BCUT2D eigenvalue weighted by Crippen LogP contribution is 2.29. The van der Waals surface area contributed by atoms with Gasteiger partial charge < -0.3 is 14.0 Å². The number of esters is 1. The van der Waals surface area contributed by atoms with Crippen LogP contribution in [0.3, 0.4) is 0 Å². The molecule has 160 valence electrons. The van der Waals surface area contributed by atoms with Gasteiger partial charge in [-0.15, -0.1) is 0 Å². The zero-order chi connectivity index (χ0) is 22.6. The van der Waals surface area contributed by atoms with Crippen molar-refractivity contribution in [1.29, 1.82) is 0 Å². The van der Waals surface area contributed by atoms with E-state index in [9.17, 15) is 14.4 Å². The van der Waals surface area contributed by atoms with Crippen molar-refractivity contribution in [3.8, 4) is 0 Å². The Morgan fingerprint density at radius 3 is 2.26 bits per heavy atom. The molecule has 0 aliphatic heterocycles. The van der Waals surface area contributed by atoms with Crippen LogP contribution in [0.15, 0.2) is 66.5 Å². The fourth-order valence-corrected chi connectivity index (χ4v) is 3.20. The summed E-state index contributed by atoms with van der Waals surface area (Å²) in [5.74, 6) is -0.754. The molecular formula is C24H24N2O5. The van der Waals surface area contributed by atoms with Gasteiger partial charge in [-0.25, -0.2) is 9.59 Å². The molecule has 0 bridgehead atoms. The van der Waals surface area contributed by atoms with Gasteiger partial charge in [0.15, 0.2) is 12.0 Å². The largest absolute Gasteiger partial charge is 0.464 e. The first-order valence-corrected chi connectivity index (χ1v) is 9.69. The predicted octanol–water partition coefficient (Wildman–Crippen LogP) is 4.37. The van der Waals surface area contributed by atoms with Crippen molar-refractivity contribution in [2.45, 2.75) is 26.4 Å². The van der Waals surface area contributed by atoms with Crippen molar-refractivity contribution in [2.75, 3.05) is 7.11 Å². The maximum Gasteiger partial charge on any atom is 0.412 e. The molecule has 0 saturated carbocycles. The highest BCUT2D eigenvalue weighted by Gasteiger charge is 2.26. The second-order valence-corrected chi connectivity index (χ2v) is 7.80. The molecular weight excluding hydrogens is 396 g/mol. The predicted molar refractivity (Wildman–Crippen MR) is 117 cm³/mol. The Bertz CT molecular complexity index is 1150. The molecule has 0 aliphatic rings. The molecule has 0 fully saturated rings. The summed E-state index contributed by atoms with van der Waals surface area (Å²) in [7, 11) is 1.23. The van der Waals surface area contributed by atoms with E-state index in [-0.39, 0.29) is 5.70 Å². The number of aromatic nitrogens is 1. The number of aldehydes is 1. The Kier molecular flexibility index (Phi) is 6.25. The Morgan fingerprint density at radius 1 is 1.00 bits per heavy atom. The molecule has 3 rings (SSSR count). The van der Waals surface area contributed by atoms with Crippen LogP contribution in [0.25, 0.3) is 16.6 Å². The number of carbonyl (C=O) groups is 3. The molecule has 0 radical (unpaired) electrons. The van der Waals surface area contributed by atoms with Crippen LogP contribution in [-0.2, 0) is 14.3 Å². The lowest BCUT2D eigenvalue weighted by atomic mass is 10.1. The third kappa shape index (κ3) is 4.83. The van der Waals surface area contributed by atoms with Gasteiger partial charge in [-0.1, -0.05) is 48.5 Å². The maximum atomic E-state index is 12.8. The van der Waals surface area contributed by atoms with E-state index in [0.717, 1.165) is 6.29 Å². The SMILES string of the molecule is COC(=O)/C(NC(=O)OC(C)(C)C)=C(/c1ccccc1)n1cc(C=O)c2ccccc21. The van der Waals surface area contributed by atoms with Gasteiger partial charge in [0.25, 0.3) is 0 Å². The normalized spacial score (nSPS) is 12.1. The lowest BCUT2D eigenvalue weighted by Crippen LogP contribution is -2.35. The highest BCUT2D eigenvalue weighted by molar-refractivity contribution is 6.04. The highest BCUT2D eigenvalue weighted by atomic mass is 16.6. The molecule has 0 unspecified atom stereocenters. The van der Waals surface area contributed by atoms with Crippen LogP contribution >= 0.6 is 0 Å². The minimum absolute atomic E-state index is 0.110. The van der Waals surface area contributed by atoms with Crippen molar-refractivity contribution in [1.82, 2.24) is 9.88 Å². The van der Waals surface area contributed by atoms with Crippen LogP contribution in [0.2, 0.25) is 0 Å². The first-order chi connectivity index (χ1) is 14.7.